The van der Waals surface area contributed by atoms with E-state index in [9.17, 15) is 4.79 Å². The number of aryl methyl sites for hydroxylation is 1. The third-order valence-electron chi connectivity index (χ3n) is 2.66. The van der Waals surface area contributed by atoms with Gasteiger partial charge in [-0.15, -0.1) is 10.2 Å². The normalized spacial score (nSPS) is 10.7. The molecular formula is C13H14BrN3O2S. The number of aromatic nitrogens is 3. The van der Waals surface area contributed by atoms with Crippen LogP contribution in [-0.4, -0.2) is 31.6 Å². The van der Waals surface area contributed by atoms with E-state index in [1.807, 2.05) is 35.8 Å². The molecule has 106 valence electrons. The maximum Gasteiger partial charge on any atom is 0.313 e. The van der Waals surface area contributed by atoms with E-state index in [1.165, 1.54) is 11.8 Å². The van der Waals surface area contributed by atoms with Crippen LogP contribution in [0.5, 0.6) is 0 Å². The molecule has 1 N–H and O–H groups in total. The number of carbonyl (C=O) groups is 1. The number of rotatable bonds is 6. The molecule has 0 bridgehead atoms. The summed E-state index contributed by atoms with van der Waals surface area (Å²) in [7, 11) is 0. The topological polar surface area (TPSA) is 68.0 Å². The summed E-state index contributed by atoms with van der Waals surface area (Å²) >= 11 is 4.64. The summed E-state index contributed by atoms with van der Waals surface area (Å²) in [6.07, 6.45) is 0.759. The molecule has 1 aromatic heterocycles. The van der Waals surface area contributed by atoms with Gasteiger partial charge in [-0.2, -0.15) is 0 Å². The zero-order valence-electron chi connectivity index (χ0n) is 10.9. The maximum absolute atomic E-state index is 10.7. The number of benzene rings is 1. The Labute approximate surface area is 129 Å². The molecule has 2 rings (SSSR count). The molecule has 0 aliphatic heterocycles. The second-order valence-electron chi connectivity index (χ2n) is 4.15. The summed E-state index contributed by atoms with van der Waals surface area (Å²) in [5, 5.41) is 17.6. The molecule has 0 amide bonds. The van der Waals surface area contributed by atoms with Crippen molar-refractivity contribution in [2.24, 2.45) is 0 Å². The molecule has 0 aliphatic rings. The van der Waals surface area contributed by atoms with Crippen molar-refractivity contribution < 1.29 is 9.90 Å². The molecule has 0 radical (unpaired) electrons. The Hall–Kier alpha value is -1.34. The summed E-state index contributed by atoms with van der Waals surface area (Å²) < 4.78 is 2.98. The molecular weight excluding hydrogens is 342 g/mol. The van der Waals surface area contributed by atoms with Gasteiger partial charge in [-0.1, -0.05) is 46.7 Å². The van der Waals surface area contributed by atoms with Gasteiger partial charge in [-0.05, 0) is 17.7 Å². The van der Waals surface area contributed by atoms with Gasteiger partial charge in [0.15, 0.2) is 5.16 Å². The van der Waals surface area contributed by atoms with E-state index >= 15 is 0 Å². The van der Waals surface area contributed by atoms with Crippen LogP contribution < -0.4 is 0 Å². The average Bonchev–Trinajstić information content (AvgIpc) is 2.78. The minimum Gasteiger partial charge on any atom is -0.481 e. The van der Waals surface area contributed by atoms with E-state index in [1.54, 1.807) is 0 Å². The van der Waals surface area contributed by atoms with Gasteiger partial charge in [0.2, 0.25) is 0 Å². The van der Waals surface area contributed by atoms with Gasteiger partial charge in [0, 0.05) is 10.9 Å². The number of thioether (sulfide) groups is 1. The first kappa shape index (κ1) is 15.1. The third kappa shape index (κ3) is 3.83. The first-order valence-electron chi connectivity index (χ1n) is 6.11. The fraction of sp³-hybridized carbons (Fsp3) is 0.308. The van der Waals surface area contributed by atoms with Gasteiger partial charge in [0.05, 0.1) is 12.3 Å². The second kappa shape index (κ2) is 6.90. The Morgan fingerprint density at radius 3 is 2.90 bits per heavy atom. The molecule has 2 aromatic rings. The Morgan fingerprint density at radius 2 is 2.25 bits per heavy atom. The lowest BCUT2D eigenvalue weighted by atomic mass is 10.2. The highest BCUT2D eigenvalue weighted by Crippen LogP contribution is 2.20. The number of hydrogen-bond acceptors (Lipinski definition) is 4. The van der Waals surface area contributed by atoms with Crippen molar-refractivity contribution in [2.75, 3.05) is 5.75 Å². The van der Waals surface area contributed by atoms with Crippen LogP contribution in [0, 0.1) is 0 Å². The number of hydrogen-bond donors (Lipinski definition) is 1. The number of carboxylic acid groups (broad SMARTS) is 1. The zero-order valence-corrected chi connectivity index (χ0v) is 13.3. The highest BCUT2D eigenvalue weighted by atomic mass is 79.9. The number of aliphatic carboxylic acids is 1. The minimum absolute atomic E-state index is 0.0136. The van der Waals surface area contributed by atoms with E-state index in [2.05, 4.69) is 26.1 Å². The summed E-state index contributed by atoms with van der Waals surface area (Å²) in [4.78, 5) is 10.7. The van der Waals surface area contributed by atoms with Crippen molar-refractivity contribution in [3.05, 3.63) is 40.1 Å². The smallest absolute Gasteiger partial charge is 0.313 e. The highest BCUT2D eigenvalue weighted by Gasteiger charge is 2.13. The zero-order chi connectivity index (χ0) is 14.5. The molecule has 0 saturated heterocycles. The molecule has 5 nitrogen and oxygen atoms in total. The van der Waals surface area contributed by atoms with Crippen molar-refractivity contribution in [2.45, 2.75) is 25.0 Å². The number of halogens is 1. The summed E-state index contributed by atoms with van der Waals surface area (Å²) in [6.45, 7) is 2.64. The van der Waals surface area contributed by atoms with Crippen LogP contribution in [0.25, 0.3) is 0 Å². The standard InChI is InChI=1S/C13H14BrN3O2S/c1-2-11-15-16-13(20-8-12(18)19)17(11)7-9-4-3-5-10(14)6-9/h3-6H,2,7-8H2,1H3,(H,18,19). The lowest BCUT2D eigenvalue weighted by molar-refractivity contribution is -0.133. The molecule has 20 heavy (non-hydrogen) atoms. The maximum atomic E-state index is 10.7. The van der Waals surface area contributed by atoms with E-state index in [-0.39, 0.29) is 5.75 Å². The molecule has 0 fully saturated rings. The van der Waals surface area contributed by atoms with Crippen LogP contribution in [-0.2, 0) is 17.8 Å². The Kier molecular flexibility index (Phi) is 5.19. The third-order valence-corrected chi connectivity index (χ3v) is 4.11. The van der Waals surface area contributed by atoms with Gasteiger partial charge in [-0.3, -0.25) is 4.79 Å². The van der Waals surface area contributed by atoms with Gasteiger partial charge in [-0.25, -0.2) is 0 Å². The van der Waals surface area contributed by atoms with Crippen molar-refractivity contribution >= 4 is 33.7 Å². The van der Waals surface area contributed by atoms with E-state index < -0.39 is 5.97 Å². The van der Waals surface area contributed by atoms with Crippen molar-refractivity contribution in [3.8, 4) is 0 Å². The van der Waals surface area contributed by atoms with Gasteiger partial charge in [0.1, 0.15) is 5.82 Å². The molecule has 0 aliphatic carbocycles. The van der Waals surface area contributed by atoms with Crippen LogP contribution in [0.2, 0.25) is 0 Å². The fourth-order valence-corrected chi connectivity index (χ4v) is 2.91. The Balaban J connectivity index is 2.24. The molecule has 0 atom stereocenters. The molecule has 0 unspecified atom stereocenters. The van der Waals surface area contributed by atoms with Crippen molar-refractivity contribution in [3.63, 3.8) is 0 Å². The SMILES string of the molecule is CCc1nnc(SCC(=O)O)n1Cc1cccc(Br)c1. The van der Waals surface area contributed by atoms with Crippen LogP contribution in [0.3, 0.4) is 0 Å². The van der Waals surface area contributed by atoms with Crippen LogP contribution in [0.15, 0.2) is 33.9 Å². The first-order valence-corrected chi connectivity index (χ1v) is 7.89. The summed E-state index contributed by atoms with van der Waals surface area (Å²) in [5.74, 6) is -0.0109. The monoisotopic (exact) mass is 355 g/mol. The van der Waals surface area contributed by atoms with Crippen LogP contribution in [0.1, 0.15) is 18.3 Å². The van der Waals surface area contributed by atoms with Crippen molar-refractivity contribution in [1.29, 1.82) is 0 Å². The predicted molar refractivity (Wildman–Crippen MR) is 81.0 cm³/mol. The molecule has 0 spiro atoms. The quantitative estimate of drug-likeness (QED) is 0.807. The molecule has 1 aromatic carbocycles. The van der Waals surface area contributed by atoms with E-state index in [0.29, 0.717) is 11.7 Å². The molecule has 0 saturated carbocycles. The summed E-state index contributed by atoms with van der Waals surface area (Å²) in [5.41, 5.74) is 1.12. The van der Waals surface area contributed by atoms with Gasteiger partial charge >= 0.3 is 5.97 Å². The first-order chi connectivity index (χ1) is 9.60. The Bertz CT molecular complexity index is 615. The van der Waals surface area contributed by atoms with Crippen LogP contribution in [0.4, 0.5) is 0 Å². The predicted octanol–water partition coefficient (Wildman–Crippen LogP) is 2.83. The van der Waals surface area contributed by atoms with E-state index in [4.69, 9.17) is 5.11 Å². The lowest BCUT2D eigenvalue weighted by Gasteiger charge is -2.09. The lowest BCUT2D eigenvalue weighted by Crippen LogP contribution is -2.07. The average molecular weight is 356 g/mol. The Morgan fingerprint density at radius 1 is 1.45 bits per heavy atom. The largest absolute Gasteiger partial charge is 0.481 e. The number of nitrogens with zero attached hydrogens (tertiary/aromatic N) is 3. The number of carboxylic acids is 1. The van der Waals surface area contributed by atoms with Crippen LogP contribution >= 0.6 is 27.7 Å². The highest BCUT2D eigenvalue weighted by molar-refractivity contribution is 9.10. The van der Waals surface area contributed by atoms with Crippen molar-refractivity contribution in [1.82, 2.24) is 14.8 Å². The second-order valence-corrected chi connectivity index (χ2v) is 6.01. The summed E-state index contributed by atoms with van der Waals surface area (Å²) in [6, 6.07) is 8.00. The van der Waals surface area contributed by atoms with E-state index in [0.717, 1.165) is 22.3 Å². The van der Waals surface area contributed by atoms with Gasteiger partial charge < -0.3 is 9.67 Å². The molecule has 7 heteroatoms. The molecule has 1 heterocycles. The fourth-order valence-electron chi connectivity index (χ4n) is 1.79. The minimum atomic E-state index is -0.856. The van der Waals surface area contributed by atoms with Gasteiger partial charge in [0.25, 0.3) is 0 Å².